The molecule has 23 heavy (non-hydrogen) atoms. The van der Waals surface area contributed by atoms with Crippen molar-refractivity contribution in [2.24, 2.45) is 0 Å². The van der Waals surface area contributed by atoms with Crippen molar-refractivity contribution in [1.82, 2.24) is 9.97 Å². The lowest BCUT2D eigenvalue weighted by Crippen LogP contribution is -2.17. The molecule has 2 aromatic rings. The predicted octanol–water partition coefficient (Wildman–Crippen LogP) is 5.07. The van der Waals surface area contributed by atoms with Crippen LogP contribution >= 0.6 is 11.6 Å². The summed E-state index contributed by atoms with van der Waals surface area (Å²) in [6.07, 6.45) is -3.71. The van der Waals surface area contributed by atoms with Gasteiger partial charge in [0.2, 0.25) is 11.8 Å². The predicted molar refractivity (Wildman–Crippen MR) is 82.1 cm³/mol. The second-order valence-electron chi connectivity index (χ2n) is 4.88. The lowest BCUT2D eigenvalue weighted by atomic mass is 10.3. The van der Waals surface area contributed by atoms with E-state index in [1.165, 1.54) is 0 Å². The molecule has 0 bridgehead atoms. The maximum Gasteiger partial charge on any atom is 0.423 e. The Hall–Kier alpha value is -2.02. The fourth-order valence-electron chi connectivity index (χ4n) is 1.65. The number of nitrogens with one attached hydrogen (secondary N) is 1. The van der Waals surface area contributed by atoms with Gasteiger partial charge in [0, 0.05) is 16.9 Å². The first kappa shape index (κ1) is 17.3. The van der Waals surface area contributed by atoms with E-state index in [0.29, 0.717) is 23.3 Å². The van der Waals surface area contributed by atoms with Crippen molar-refractivity contribution in [1.29, 1.82) is 0 Å². The smallest absolute Gasteiger partial charge is 0.423 e. The summed E-state index contributed by atoms with van der Waals surface area (Å²) < 4.78 is 44.3. The minimum atomic E-state index is -4.58. The number of hydrogen-bond acceptors (Lipinski definition) is 4. The SMILES string of the molecule is CCC(C)Oc1nc(Nc2ccc(Cl)cc2)ncc1C(F)(F)F. The highest BCUT2D eigenvalue weighted by atomic mass is 35.5. The second kappa shape index (κ2) is 7.04. The number of ether oxygens (including phenoxy) is 1. The summed E-state index contributed by atoms with van der Waals surface area (Å²) in [4.78, 5) is 7.55. The van der Waals surface area contributed by atoms with Crippen LogP contribution in [-0.2, 0) is 6.18 Å². The largest absolute Gasteiger partial charge is 0.474 e. The summed E-state index contributed by atoms with van der Waals surface area (Å²) in [6.45, 7) is 3.49. The van der Waals surface area contributed by atoms with E-state index >= 15 is 0 Å². The van der Waals surface area contributed by atoms with E-state index in [4.69, 9.17) is 16.3 Å². The van der Waals surface area contributed by atoms with Gasteiger partial charge in [0.1, 0.15) is 5.56 Å². The molecule has 0 spiro atoms. The van der Waals surface area contributed by atoms with Crippen molar-refractivity contribution in [3.8, 4) is 5.88 Å². The summed E-state index contributed by atoms with van der Waals surface area (Å²) in [7, 11) is 0. The second-order valence-corrected chi connectivity index (χ2v) is 5.32. The fraction of sp³-hybridized carbons (Fsp3) is 0.333. The summed E-state index contributed by atoms with van der Waals surface area (Å²) in [5, 5.41) is 3.36. The van der Waals surface area contributed by atoms with Crippen molar-refractivity contribution >= 4 is 23.2 Å². The van der Waals surface area contributed by atoms with Crippen LogP contribution in [0.5, 0.6) is 5.88 Å². The van der Waals surface area contributed by atoms with Crippen LogP contribution in [0.1, 0.15) is 25.8 Å². The molecular formula is C15H15ClF3N3O. The Morgan fingerprint density at radius 2 is 1.91 bits per heavy atom. The Kier molecular flexibility index (Phi) is 5.30. The molecule has 1 aromatic heterocycles. The summed E-state index contributed by atoms with van der Waals surface area (Å²) in [5.41, 5.74) is -0.400. The van der Waals surface area contributed by atoms with Crippen LogP contribution in [0.25, 0.3) is 0 Å². The highest BCUT2D eigenvalue weighted by Gasteiger charge is 2.36. The number of hydrogen-bond donors (Lipinski definition) is 1. The number of halogens is 4. The first-order valence-electron chi connectivity index (χ1n) is 6.93. The van der Waals surface area contributed by atoms with E-state index in [9.17, 15) is 13.2 Å². The third-order valence-corrected chi connectivity index (χ3v) is 3.30. The van der Waals surface area contributed by atoms with Crippen LogP contribution < -0.4 is 10.1 Å². The summed E-state index contributed by atoms with van der Waals surface area (Å²) in [5.74, 6) is -0.475. The molecule has 0 amide bonds. The van der Waals surface area contributed by atoms with Gasteiger partial charge < -0.3 is 10.1 Å². The van der Waals surface area contributed by atoms with Crippen LogP contribution in [-0.4, -0.2) is 16.1 Å². The van der Waals surface area contributed by atoms with Gasteiger partial charge >= 0.3 is 6.18 Å². The first-order valence-corrected chi connectivity index (χ1v) is 7.31. The van der Waals surface area contributed by atoms with Gasteiger partial charge in [-0.25, -0.2) is 4.98 Å². The molecule has 4 nitrogen and oxygen atoms in total. The fourth-order valence-corrected chi connectivity index (χ4v) is 1.77. The lowest BCUT2D eigenvalue weighted by Gasteiger charge is -2.17. The van der Waals surface area contributed by atoms with E-state index in [-0.39, 0.29) is 5.95 Å². The minimum absolute atomic E-state index is 0.0126. The molecule has 0 radical (unpaired) electrons. The number of aromatic nitrogens is 2. The van der Waals surface area contributed by atoms with Gasteiger partial charge in [0.25, 0.3) is 0 Å². The summed E-state index contributed by atoms with van der Waals surface area (Å²) >= 11 is 5.78. The van der Waals surface area contributed by atoms with Crippen LogP contribution in [0.4, 0.5) is 24.8 Å². The van der Waals surface area contributed by atoms with Crippen molar-refractivity contribution in [3.05, 3.63) is 41.0 Å². The van der Waals surface area contributed by atoms with Crippen LogP contribution in [0.3, 0.4) is 0 Å². The van der Waals surface area contributed by atoms with E-state index in [0.717, 1.165) is 0 Å². The van der Waals surface area contributed by atoms with E-state index < -0.39 is 23.7 Å². The Bertz CT molecular complexity index is 662. The van der Waals surface area contributed by atoms with Gasteiger partial charge in [-0.15, -0.1) is 0 Å². The topological polar surface area (TPSA) is 47.0 Å². The molecule has 0 aliphatic rings. The standard InChI is InChI=1S/C15H15ClF3N3O/c1-3-9(2)23-13-12(15(17,18)19)8-20-14(22-13)21-11-6-4-10(16)5-7-11/h4-9H,3H2,1-2H3,(H,20,21,22). The Morgan fingerprint density at radius 3 is 2.48 bits per heavy atom. The lowest BCUT2D eigenvalue weighted by molar-refractivity contribution is -0.139. The minimum Gasteiger partial charge on any atom is -0.474 e. The monoisotopic (exact) mass is 345 g/mol. The average molecular weight is 346 g/mol. The normalized spacial score (nSPS) is 12.8. The van der Waals surface area contributed by atoms with Gasteiger partial charge in [0.05, 0.1) is 6.10 Å². The summed E-state index contributed by atoms with van der Waals surface area (Å²) in [6, 6.07) is 6.62. The maximum atomic E-state index is 13.0. The van der Waals surface area contributed by atoms with Crippen molar-refractivity contribution in [2.75, 3.05) is 5.32 Å². The zero-order valence-corrected chi connectivity index (χ0v) is 13.2. The zero-order valence-electron chi connectivity index (χ0n) is 12.5. The molecule has 0 saturated carbocycles. The molecule has 0 fully saturated rings. The maximum absolute atomic E-state index is 13.0. The molecule has 124 valence electrons. The number of alkyl halides is 3. The van der Waals surface area contributed by atoms with Crippen molar-refractivity contribution < 1.29 is 17.9 Å². The number of rotatable bonds is 5. The van der Waals surface area contributed by atoms with Gasteiger partial charge in [-0.2, -0.15) is 18.2 Å². The molecule has 1 heterocycles. The van der Waals surface area contributed by atoms with E-state index in [1.807, 2.05) is 6.92 Å². The van der Waals surface area contributed by atoms with Gasteiger partial charge in [-0.3, -0.25) is 0 Å². The van der Waals surface area contributed by atoms with Gasteiger partial charge in [-0.1, -0.05) is 18.5 Å². The van der Waals surface area contributed by atoms with E-state index in [2.05, 4.69) is 15.3 Å². The molecule has 8 heteroatoms. The molecule has 1 atom stereocenters. The highest BCUT2D eigenvalue weighted by Crippen LogP contribution is 2.35. The van der Waals surface area contributed by atoms with Crippen LogP contribution in [0, 0.1) is 0 Å². The third kappa shape index (κ3) is 4.72. The molecule has 0 aliphatic heterocycles. The highest BCUT2D eigenvalue weighted by molar-refractivity contribution is 6.30. The van der Waals surface area contributed by atoms with Crippen molar-refractivity contribution in [3.63, 3.8) is 0 Å². The Balaban J connectivity index is 2.31. The molecule has 1 unspecified atom stereocenters. The first-order chi connectivity index (χ1) is 10.8. The van der Waals surface area contributed by atoms with E-state index in [1.54, 1.807) is 31.2 Å². The average Bonchev–Trinajstić information content (AvgIpc) is 2.48. The van der Waals surface area contributed by atoms with Gasteiger partial charge in [0.15, 0.2) is 0 Å². The van der Waals surface area contributed by atoms with Crippen LogP contribution in [0.15, 0.2) is 30.5 Å². The quantitative estimate of drug-likeness (QED) is 0.821. The Labute approximate surface area is 136 Å². The van der Waals surface area contributed by atoms with Crippen molar-refractivity contribution in [2.45, 2.75) is 32.5 Å². The van der Waals surface area contributed by atoms with Crippen LogP contribution in [0.2, 0.25) is 5.02 Å². The molecule has 0 saturated heterocycles. The molecule has 0 aliphatic carbocycles. The zero-order chi connectivity index (χ0) is 17.0. The molecular weight excluding hydrogens is 331 g/mol. The van der Waals surface area contributed by atoms with Gasteiger partial charge in [-0.05, 0) is 37.6 Å². The number of benzene rings is 1. The Morgan fingerprint density at radius 1 is 1.26 bits per heavy atom. The molecule has 2 rings (SSSR count). The molecule has 1 aromatic carbocycles. The molecule has 1 N–H and O–H groups in total. The third-order valence-electron chi connectivity index (χ3n) is 3.05. The number of anilines is 2. The number of nitrogens with zero attached hydrogens (tertiary/aromatic N) is 2.